The second-order valence-electron chi connectivity index (χ2n) is 19.5. The molecule has 21 nitrogen and oxygen atoms in total. The number of aromatic nitrogens is 3. The van der Waals surface area contributed by atoms with Gasteiger partial charge in [0.05, 0.1) is 38.3 Å². The highest BCUT2D eigenvalue weighted by molar-refractivity contribution is 5.95. The molecule has 1 unspecified atom stereocenters. The van der Waals surface area contributed by atoms with Gasteiger partial charge in [-0.15, -0.1) is 0 Å². The standard InChI is InChI=1S/C50H76N10O11/c1-8-33(6)43(47(68)52-26-36-17-12-13-20-60(36)71)56-44(65)37(32(4)5)24-42(64)38(21-31(2)3)54-46(67)41(23-35-25-51-30-53-35)58(7)48(69)39(22-34-15-10-9-11-16-34)55-45(66)40-18-14-19-59(40)49(70)57-50(27-61,28-62)29-63/h9-13,15-17,20,25,30-33,37-43,61-64H,8,14,18-19,21-24,26-29H2,1-7H3,(H,51,53)(H,52,68)(H,54,67)(H,55,66)(H,56,65)(H,57,70)/t33?,37-,38-,39-,40-,41-,42-,43-/m0/s1. The molecule has 1 fully saturated rings. The molecule has 10 N–H and O–H groups in total. The number of hydrogen-bond donors (Lipinski definition) is 10. The summed E-state index contributed by atoms with van der Waals surface area (Å²) in [5, 5.41) is 67.6. The zero-order valence-corrected chi connectivity index (χ0v) is 42.0. The molecule has 4 rings (SSSR count). The molecule has 71 heavy (non-hydrogen) atoms. The predicted molar refractivity (Wildman–Crippen MR) is 262 cm³/mol. The molecule has 3 heterocycles. The Balaban J connectivity index is 1.58. The van der Waals surface area contributed by atoms with Gasteiger partial charge in [-0.3, -0.25) is 24.0 Å². The summed E-state index contributed by atoms with van der Waals surface area (Å²) in [4.78, 5) is 94.3. The number of aromatic amines is 1. The number of likely N-dealkylation sites (tertiary alicyclic amines) is 1. The van der Waals surface area contributed by atoms with E-state index in [9.17, 15) is 54.4 Å². The summed E-state index contributed by atoms with van der Waals surface area (Å²) < 4.78 is 0.653. The van der Waals surface area contributed by atoms with Crippen LogP contribution in [0.25, 0.3) is 0 Å². The highest BCUT2D eigenvalue weighted by atomic mass is 16.5. The maximum atomic E-state index is 14.8. The first kappa shape index (κ1) is 57.4. The number of carbonyl (C=O) groups is 6. The van der Waals surface area contributed by atoms with E-state index >= 15 is 0 Å². The Kier molecular flexibility index (Phi) is 22.2. The molecule has 1 saturated heterocycles. The number of H-pyrrole nitrogens is 1. The number of carbonyl (C=O) groups excluding carboxylic acids is 6. The third kappa shape index (κ3) is 16.2. The quantitative estimate of drug-likeness (QED) is 0.0368. The van der Waals surface area contributed by atoms with Crippen molar-refractivity contribution in [2.75, 3.05) is 33.4 Å². The van der Waals surface area contributed by atoms with Crippen LogP contribution in [0.2, 0.25) is 0 Å². The minimum absolute atomic E-state index is 0.00970. The van der Waals surface area contributed by atoms with Crippen LogP contribution in [-0.2, 0) is 43.4 Å². The second-order valence-corrected chi connectivity index (χ2v) is 19.5. The van der Waals surface area contributed by atoms with Crippen LogP contribution in [0.4, 0.5) is 4.79 Å². The lowest BCUT2D eigenvalue weighted by atomic mass is 9.85. The molecule has 0 radical (unpaired) electrons. The van der Waals surface area contributed by atoms with E-state index in [-0.39, 0.29) is 56.5 Å². The number of likely N-dealkylation sites (N-methyl/N-ethyl adjacent to an activating group) is 1. The van der Waals surface area contributed by atoms with Gasteiger partial charge in [-0.25, -0.2) is 9.78 Å². The molecule has 0 aliphatic carbocycles. The van der Waals surface area contributed by atoms with Crippen molar-refractivity contribution >= 4 is 35.6 Å². The minimum Gasteiger partial charge on any atom is -0.618 e. The van der Waals surface area contributed by atoms with Gasteiger partial charge in [0.2, 0.25) is 35.2 Å². The first-order valence-electron chi connectivity index (χ1n) is 24.5. The Labute approximate surface area is 416 Å². The number of nitrogens with zero attached hydrogens (tertiary/aromatic N) is 4. The summed E-state index contributed by atoms with van der Waals surface area (Å²) in [6, 6.07) is 7.63. The number of aliphatic hydroxyl groups is 4. The number of aliphatic hydroxyl groups excluding tert-OH is 4. The number of nitrogens with one attached hydrogen (secondary N) is 6. The molecule has 3 aromatic rings. The molecule has 1 aliphatic heterocycles. The predicted octanol–water partition coefficient (Wildman–Crippen LogP) is 0.431. The minimum atomic E-state index is -1.74. The number of pyridine rings is 1. The topological polar surface area (TPSA) is 306 Å². The van der Waals surface area contributed by atoms with Gasteiger partial charge in [0.15, 0.2) is 6.20 Å². The molecule has 21 heteroatoms. The van der Waals surface area contributed by atoms with Crippen LogP contribution in [0, 0.1) is 28.9 Å². The number of amides is 7. The van der Waals surface area contributed by atoms with E-state index in [0.29, 0.717) is 40.9 Å². The summed E-state index contributed by atoms with van der Waals surface area (Å²) in [6.07, 6.45) is 4.41. The molecule has 0 saturated carbocycles. The van der Waals surface area contributed by atoms with Crippen LogP contribution in [0.3, 0.4) is 0 Å². The molecule has 1 aromatic carbocycles. The van der Waals surface area contributed by atoms with E-state index in [4.69, 9.17) is 0 Å². The van der Waals surface area contributed by atoms with Crippen LogP contribution in [0.15, 0.2) is 67.3 Å². The first-order chi connectivity index (χ1) is 33.8. The molecule has 1 aliphatic rings. The monoisotopic (exact) mass is 993 g/mol. The van der Waals surface area contributed by atoms with Crippen molar-refractivity contribution in [2.45, 2.75) is 135 Å². The van der Waals surface area contributed by atoms with Crippen molar-refractivity contribution in [2.24, 2.45) is 23.7 Å². The number of hydrogen-bond acceptors (Lipinski definition) is 12. The highest BCUT2D eigenvalue weighted by Crippen LogP contribution is 2.24. The lowest BCUT2D eigenvalue weighted by Gasteiger charge is -2.35. The Morgan fingerprint density at radius 2 is 1.58 bits per heavy atom. The van der Waals surface area contributed by atoms with Crippen molar-refractivity contribution in [3.8, 4) is 0 Å². The fourth-order valence-electron chi connectivity index (χ4n) is 8.63. The summed E-state index contributed by atoms with van der Waals surface area (Å²) in [5.41, 5.74) is -0.208. The van der Waals surface area contributed by atoms with Crippen molar-refractivity contribution in [3.63, 3.8) is 0 Å². The first-order valence-corrected chi connectivity index (χ1v) is 24.5. The lowest BCUT2D eigenvalue weighted by Crippen LogP contribution is -2.62. The van der Waals surface area contributed by atoms with Gasteiger partial charge in [0.25, 0.3) is 0 Å². The fraction of sp³-hybridized carbons (Fsp3) is 0.600. The van der Waals surface area contributed by atoms with Crippen molar-refractivity contribution < 1.29 is 53.9 Å². The molecular weight excluding hydrogens is 917 g/mol. The number of urea groups is 1. The number of imidazole rings is 1. The molecule has 7 amide bonds. The zero-order valence-electron chi connectivity index (χ0n) is 42.0. The van der Waals surface area contributed by atoms with Crippen LogP contribution in [-0.4, -0.2) is 151 Å². The molecule has 8 atom stereocenters. The van der Waals surface area contributed by atoms with E-state index in [1.807, 2.05) is 41.5 Å². The average molecular weight is 993 g/mol. The van der Waals surface area contributed by atoms with E-state index in [1.165, 1.54) is 35.6 Å². The third-order valence-corrected chi connectivity index (χ3v) is 13.4. The van der Waals surface area contributed by atoms with Crippen LogP contribution >= 0.6 is 0 Å². The van der Waals surface area contributed by atoms with Crippen LogP contribution in [0.5, 0.6) is 0 Å². The van der Waals surface area contributed by atoms with E-state index in [0.717, 1.165) is 0 Å². The smallest absolute Gasteiger partial charge is 0.318 e. The SMILES string of the molecule is CCC(C)[C@H](NC(=O)[C@@H](C[C@H](O)[C@H](CC(C)C)NC(=O)[C@H](Cc1cnc[nH]1)N(C)C(=O)[C@H](Cc1ccccc1)NC(=O)[C@@H]1CCCN1C(=O)NC(CO)(CO)CO)C(C)C)C(=O)NCc1cccc[n+]1[O-]. The zero-order chi connectivity index (χ0) is 52.4. The van der Waals surface area contributed by atoms with Crippen molar-refractivity contribution in [1.82, 2.24) is 46.4 Å². The van der Waals surface area contributed by atoms with Gasteiger partial charge in [0.1, 0.15) is 36.3 Å². The largest absolute Gasteiger partial charge is 0.618 e. The van der Waals surface area contributed by atoms with Crippen LogP contribution < -0.4 is 31.3 Å². The summed E-state index contributed by atoms with van der Waals surface area (Å²) in [7, 11) is 1.44. The maximum Gasteiger partial charge on any atom is 0.318 e. The van der Waals surface area contributed by atoms with Gasteiger partial charge >= 0.3 is 6.03 Å². The van der Waals surface area contributed by atoms with Crippen molar-refractivity contribution in [1.29, 1.82) is 0 Å². The molecule has 392 valence electrons. The van der Waals surface area contributed by atoms with E-state index in [1.54, 1.807) is 48.5 Å². The fourth-order valence-corrected chi connectivity index (χ4v) is 8.63. The Morgan fingerprint density at radius 3 is 2.17 bits per heavy atom. The summed E-state index contributed by atoms with van der Waals surface area (Å²) in [6.45, 7) is 9.03. The average Bonchev–Trinajstić information content (AvgIpc) is 4.08. The normalized spacial score (nSPS) is 16.8. The number of benzene rings is 1. The Hall–Kier alpha value is -6.16. The van der Waals surface area contributed by atoms with E-state index in [2.05, 4.69) is 36.6 Å². The van der Waals surface area contributed by atoms with Gasteiger partial charge < -0.3 is 67.0 Å². The van der Waals surface area contributed by atoms with Gasteiger partial charge in [-0.05, 0) is 55.1 Å². The Bertz CT molecular complexity index is 2170. The Morgan fingerprint density at radius 1 is 0.901 bits per heavy atom. The van der Waals surface area contributed by atoms with Crippen LogP contribution in [0.1, 0.15) is 90.6 Å². The second kappa shape index (κ2) is 27.4. The lowest BCUT2D eigenvalue weighted by molar-refractivity contribution is -0.614. The molecular formula is C50H76N10O11. The van der Waals surface area contributed by atoms with E-state index < -0.39 is 103 Å². The third-order valence-electron chi connectivity index (χ3n) is 13.4. The maximum absolute atomic E-state index is 14.8. The van der Waals surface area contributed by atoms with Gasteiger partial charge in [-0.1, -0.05) is 78.3 Å². The summed E-state index contributed by atoms with van der Waals surface area (Å²) >= 11 is 0. The van der Waals surface area contributed by atoms with Crippen molar-refractivity contribution in [3.05, 3.63) is 89.4 Å². The van der Waals surface area contributed by atoms with Gasteiger partial charge in [0, 0.05) is 56.4 Å². The summed E-state index contributed by atoms with van der Waals surface area (Å²) in [5.74, 6) is -4.27. The highest BCUT2D eigenvalue weighted by Gasteiger charge is 2.41. The van der Waals surface area contributed by atoms with Gasteiger partial charge in [-0.2, -0.15) is 4.73 Å². The molecule has 0 spiro atoms. The number of rotatable bonds is 27. The molecule has 0 bridgehead atoms. The molecule has 2 aromatic heterocycles.